The Morgan fingerprint density at radius 2 is 1.79 bits per heavy atom. The number of halogens is 3. The van der Waals surface area contributed by atoms with Crippen molar-refractivity contribution in [3.8, 4) is 5.75 Å². The number of Topliss-reactive ketones (excluding diaryl/α,β-unsaturated/α-hetero) is 1. The molecule has 1 unspecified atom stereocenters. The Morgan fingerprint density at radius 1 is 1.03 bits per heavy atom. The molecule has 0 aliphatic carbocycles. The Hall–Kier alpha value is -3.52. The summed E-state index contributed by atoms with van der Waals surface area (Å²) in [5, 5.41) is 11.1. The minimum atomic E-state index is -1.16. The van der Waals surface area contributed by atoms with Crippen LogP contribution in [0.15, 0.2) is 70.7 Å². The molecule has 8 heteroatoms. The Morgan fingerprint density at radius 3 is 2.42 bits per heavy atom. The number of anilines is 1. The van der Waals surface area contributed by atoms with Gasteiger partial charge in [0.25, 0.3) is 11.7 Å². The maximum Gasteiger partial charge on any atom is 0.300 e. The average molecular weight is 514 g/mol. The summed E-state index contributed by atoms with van der Waals surface area (Å²) in [6.07, 6.45) is 0. The normalized spacial score (nSPS) is 17.5. The number of aliphatic hydroxyl groups is 1. The van der Waals surface area contributed by atoms with E-state index >= 15 is 0 Å². The van der Waals surface area contributed by atoms with Crippen molar-refractivity contribution in [3.05, 3.63) is 99.0 Å². The number of carbonyl (C=O) groups is 2. The minimum absolute atomic E-state index is 0.00234. The van der Waals surface area contributed by atoms with Crippen molar-refractivity contribution >= 4 is 39.1 Å². The second-order valence-electron chi connectivity index (χ2n) is 7.53. The lowest BCUT2D eigenvalue weighted by Crippen LogP contribution is -2.29. The monoisotopic (exact) mass is 513 g/mol. The number of nitrogens with zero attached hydrogens (tertiary/aromatic N) is 1. The fraction of sp³-hybridized carbons (Fsp3) is 0.120. The zero-order valence-corrected chi connectivity index (χ0v) is 19.2. The number of hydrogen-bond donors (Lipinski definition) is 1. The molecule has 5 nitrogen and oxygen atoms in total. The van der Waals surface area contributed by atoms with Crippen molar-refractivity contribution in [2.45, 2.75) is 13.0 Å². The van der Waals surface area contributed by atoms with Crippen molar-refractivity contribution in [3.63, 3.8) is 0 Å². The molecule has 1 amide bonds. The molecule has 1 N–H and O–H groups in total. The molecule has 1 atom stereocenters. The molecule has 4 rings (SSSR count). The van der Waals surface area contributed by atoms with E-state index in [0.29, 0.717) is 15.8 Å². The maximum absolute atomic E-state index is 14.0. The Balaban J connectivity index is 1.96. The van der Waals surface area contributed by atoms with E-state index in [-0.39, 0.29) is 16.8 Å². The zero-order valence-electron chi connectivity index (χ0n) is 17.6. The molecule has 1 heterocycles. The third kappa shape index (κ3) is 4.02. The first kappa shape index (κ1) is 22.7. The van der Waals surface area contributed by atoms with Crippen LogP contribution in [-0.2, 0) is 9.59 Å². The SMILES string of the molecule is COc1ccc(/C(O)=C2\C(=O)C(=O)N(c3ccc(F)c(F)c3)C2c2cccc(C)c2)cc1Br. The Kier molecular flexibility index (Phi) is 6.03. The fourth-order valence-electron chi connectivity index (χ4n) is 3.86. The average Bonchev–Trinajstić information content (AvgIpc) is 3.06. The van der Waals surface area contributed by atoms with Gasteiger partial charge in [0.15, 0.2) is 11.6 Å². The van der Waals surface area contributed by atoms with E-state index in [2.05, 4.69) is 15.9 Å². The molecule has 3 aromatic carbocycles. The van der Waals surface area contributed by atoms with E-state index in [1.807, 2.05) is 13.0 Å². The molecule has 1 fully saturated rings. The Labute approximate surface area is 197 Å². The van der Waals surface area contributed by atoms with Gasteiger partial charge in [-0.1, -0.05) is 29.8 Å². The number of amides is 1. The first-order chi connectivity index (χ1) is 15.7. The highest BCUT2D eigenvalue weighted by Gasteiger charge is 2.47. The van der Waals surface area contributed by atoms with Gasteiger partial charge in [0, 0.05) is 17.3 Å². The van der Waals surface area contributed by atoms with Crippen LogP contribution in [0.5, 0.6) is 5.75 Å². The quantitative estimate of drug-likeness (QED) is 0.277. The number of carbonyl (C=O) groups excluding carboxylic acids is 2. The standard InChI is InChI=1S/C25H18BrF2NO4/c1-13-4-3-5-14(10-13)22-21(23(30)15-6-9-20(33-2)17(26)11-15)24(31)25(32)29(22)16-7-8-18(27)19(28)12-16/h3-12,22,30H,1-2H3/b23-21+. The van der Waals surface area contributed by atoms with Crippen LogP contribution in [0, 0.1) is 18.6 Å². The van der Waals surface area contributed by atoms with E-state index in [1.165, 1.54) is 13.2 Å². The van der Waals surface area contributed by atoms with Crippen LogP contribution in [0.1, 0.15) is 22.7 Å². The number of ketones is 1. The summed E-state index contributed by atoms with van der Waals surface area (Å²) in [6, 6.07) is 13.7. The maximum atomic E-state index is 14.0. The van der Waals surface area contributed by atoms with E-state index < -0.39 is 35.1 Å². The van der Waals surface area contributed by atoms with E-state index in [9.17, 15) is 23.5 Å². The van der Waals surface area contributed by atoms with Crippen LogP contribution >= 0.6 is 15.9 Å². The van der Waals surface area contributed by atoms with Gasteiger partial charge in [-0.25, -0.2) is 8.78 Å². The van der Waals surface area contributed by atoms with Gasteiger partial charge >= 0.3 is 0 Å². The Bertz CT molecular complexity index is 1320. The lowest BCUT2D eigenvalue weighted by Gasteiger charge is -2.25. The fourth-order valence-corrected chi connectivity index (χ4v) is 4.40. The van der Waals surface area contributed by atoms with Crippen molar-refractivity contribution in [1.29, 1.82) is 0 Å². The summed E-state index contributed by atoms with van der Waals surface area (Å²) < 4.78 is 33.3. The number of ether oxygens (including phenoxy) is 1. The summed E-state index contributed by atoms with van der Waals surface area (Å²) in [5.74, 6) is -4.00. The van der Waals surface area contributed by atoms with E-state index in [1.54, 1.807) is 36.4 Å². The molecule has 0 saturated carbocycles. The summed E-state index contributed by atoms with van der Waals surface area (Å²) >= 11 is 3.35. The van der Waals surface area contributed by atoms with Crippen LogP contribution in [-0.4, -0.2) is 23.9 Å². The lowest BCUT2D eigenvalue weighted by atomic mass is 9.94. The summed E-state index contributed by atoms with van der Waals surface area (Å²) in [4.78, 5) is 27.3. The summed E-state index contributed by atoms with van der Waals surface area (Å²) in [5.41, 5.74) is 1.51. The van der Waals surface area contributed by atoms with Crippen molar-refractivity contribution < 1.29 is 28.2 Å². The van der Waals surface area contributed by atoms with Crippen LogP contribution < -0.4 is 9.64 Å². The van der Waals surface area contributed by atoms with Gasteiger partial charge in [-0.05, 0) is 58.7 Å². The molecule has 168 valence electrons. The van der Waals surface area contributed by atoms with Gasteiger partial charge in [-0.3, -0.25) is 14.5 Å². The topological polar surface area (TPSA) is 66.8 Å². The van der Waals surface area contributed by atoms with Gasteiger partial charge < -0.3 is 9.84 Å². The number of rotatable bonds is 4. The molecule has 0 aromatic heterocycles. The first-order valence-corrected chi connectivity index (χ1v) is 10.7. The van der Waals surface area contributed by atoms with Gasteiger partial charge in [0.05, 0.1) is 23.2 Å². The molecule has 0 radical (unpaired) electrons. The van der Waals surface area contributed by atoms with Crippen LogP contribution in [0.25, 0.3) is 5.76 Å². The molecule has 1 aliphatic rings. The molecule has 0 spiro atoms. The van der Waals surface area contributed by atoms with E-state index in [4.69, 9.17) is 4.74 Å². The van der Waals surface area contributed by atoms with Gasteiger partial charge in [-0.2, -0.15) is 0 Å². The van der Waals surface area contributed by atoms with Gasteiger partial charge in [0.1, 0.15) is 11.5 Å². The third-order valence-corrected chi connectivity index (χ3v) is 6.03. The largest absolute Gasteiger partial charge is 0.507 e. The molecular formula is C25H18BrF2NO4. The number of aryl methyl sites for hydroxylation is 1. The lowest BCUT2D eigenvalue weighted by molar-refractivity contribution is -0.132. The van der Waals surface area contributed by atoms with Crippen LogP contribution in [0.3, 0.4) is 0 Å². The highest BCUT2D eigenvalue weighted by molar-refractivity contribution is 9.10. The van der Waals surface area contributed by atoms with Gasteiger partial charge in [-0.15, -0.1) is 0 Å². The predicted octanol–water partition coefficient (Wildman–Crippen LogP) is 5.67. The highest BCUT2D eigenvalue weighted by Crippen LogP contribution is 2.43. The molecule has 0 bridgehead atoms. The van der Waals surface area contributed by atoms with Crippen LogP contribution in [0.4, 0.5) is 14.5 Å². The first-order valence-electron chi connectivity index (χ1n) is 9.89. The minimum Gasteiger partial charge on any atom is -0.507 e. The number of methoxy groups -OCH3 is 1. The van der Waals surface area contributed by atoms with Gasteiger partial charge in [0.2, 0.25) is 0 Å². The molecule has 1 aliphatic heterocycles. The van der Waals surface area contributed by atoms with E-state index in [0.717, 1.165) is 22.6 Å². The van der Waals surface area contributed by atoms with Crippen molar-refractivity contribution in [2.75, 3.05) is 12.0 Å². The summed E-state index contributed by atoms with van der Waals surface area (Å²) in [7, 11) is 1.49. The highest BCUT2D eigenvalue weighted by atomic mass is 79.9. The second kappa shape index (κ2) is 8.78. The molecule has 33 heavy (non-hydrogen) atoms. The third-order valence-electron chi connectivity index (χ3n) is 5.41. The van der Waals surface area contributed by atoms with Crippen molar-refractivity contribution in [2.24, 2.45) is 0 Å². The second-order valence-corrected chi connectivity index (χ2v) is 8.39. The molecule has 3 aromatic rings. The predicted molar refractivity (Wildman–Crippen MR) is 123 cm³/mol. The summed E-state index contributed by atoms with van der Waals surface area (Å²) in [6.45, 7) is 1.84. The number of aliphatic hydroxyl groups excluding tert-OH is 1. The molecule has 1 saturated heterocycles. The number of benzene rings is 3. The van der Waals surface area contributed by atoms with Crippen LogP contribution in [0.2, 0.25) is 0 Å². The molecular weight excluding hydrogens is 496 g/mol. The van der Waals surface area contributed by atoms with Crippen molar-refractivity contribution in [1.82, 2.24) is 0 Å². The smallest absolute Gasteiger partial charge is 0.300 e. The zero-order chi connectivity index (χ0) is 23.9. The number of hydrogen-bond acceptors (Lipinski definition) is 4.